The highest BCUT2D eigenvalue weighted by atomic mass is 16.5. The Labute approximate surface area is 115 Å². The van der Waals surface area contributed by atoms with Crippen molar-refractivity contribution in [3.8, 4) is 0 Å². The summed E-state index contributed by atoms with van der Waals surface area (Å²) in [6, 6.07) is 5.23. The summed E-state index contributed by atoms with van der Waals surface area (Å²) in [6.45, 7) is 0. The summed E-state index contributed by atoms with van der Waals surface area (Å²) < 4.78 is 4.77. The second-order valence-electron chi connectivity index (χ2n) is 4.83. The van der Waals surface area contributed by atoms with Crippen molar-refractivity contribution in [1.82, 2.24) is 10.3 Å². The fourth-order valence-electron chi connectivity index (χ4n) is 2.10. The van der Waals surface area contributed by atoms with Gasteiger partial charge < -0.3 is 20.4 Å². The Morgan fingerprint density at radius 2 is 2.15 bits per heavy atom. The summed E-state index contributed by atoms with van der Waals surface area (Å²) in [5.74, 6) is -0.430. The molecule has 20 heavy (non-hydrogen) atoms. The van der Waals surface area contributed by atoms with Gasteiger partial charge in [-0.1, -0.05) is 0 Å². The van der Waals surface area contributed by atoms with E-state index < -0.39 is 5.97 Å². The van der Waals surface area contributed by atoms with Crippen molar-refractivity contribution >= 4 is 28.6 Å². The molecular weight excluding hydrogens is 258 g/mol. The summed E-state index contributed by atoms with van der Waals surface area (Å²) in [7, 11) is 1.33. The smallest absolute Gasteiger partial charge is 0.338 e. The van der Waals surface area contributed by atoms with Crippen molar-refractivity contribution in [2.24, 2.45) is 0 Å². The van der Waals surface area contributed by atoms with Crippen molar-refractivity contribution in [2.45, 2.75) is 18.9 Å². The van der Waals surface area contributed by atoms with Gasteiger partial charge in [-0.2, -0.15) is 0 Å². The zero-order valence-electron chi connectivity index (χ0n) is 11.0. The van der Waals surface area contributed by atoms with E-state index in [1.54, 1.807) is 24.4 Å². The maximum atomic E-state index is 11.8. The van der Waals surface area contributed by atoms with Crippen LogP contribution < -0.4 is 10.6 Å². The average molecular weight is 273 g/mol. The van der Waals surface area contributed by atoms with Crippen molar-refractivity contribution < 1.29 is 14.3 Å². The molecule has 0 atom stereocenters. The fourth-order valence-corrected chi connectivity index (χ4v) is 2.10. The summed E-state index contributed by atoms with van der Waals surface area (Å²) in [4.78, 5) is 26.6. The molecule has 1 aliphatic rings. The Kier molecular flexibility index (Phi) is 3.06. The molecule has 1 aromatic carbocycles. The molecule has 0 radical (unpaired) electrons. The first kappa shape index (κ1) is 12.5. The molecule has 3 N–H and O–H groups in total. The van der Waals surface area contributed by atoms with E-state index in [1.165, 1.54) is 7.11 Å². The molecule has 0 bridgehead atoms. The number of rotatable bonds is 3. The highest BCUT2D eigenvalue weighted by Crippen LogP contribution is 2.24. The number of amides is 2. The Morgan fingerprint density at radius 1 is 1.35 bits per heavy atom. The molecule has 0 saturated heterocycles. The van der Waals surface area contributed by atoms with E-state index in [4.69, 9.17) is 4.74 Å². The lowest BCUT2D eigenvalue weighted by atomic mass is 10.1. The molecule has 0 aliphatic heterocycles. The molecule has 1 fully saturated rings. The molecule has 3 rings (SSSR count). The van der Waals surface area contributed by atoms with E-state index in [0.29, 0.717) is 11.3 Å². The monoisotopic (exact) mass is 273 g/mol. The molecule has 1 heterocycles. The summed E-state index contributed by atoms with van der Waals surface area (Å²) in [5.41, 5.74) is 1.75. The number of benzene rings is 1. The number of urea groups is 1. The standard InChI is InChI=1S/C14H15N3O3/c1-20-13(18)11-6-9(7-12-10(11)4-5-15-12)17-14(19)16-8-2-3-8/h4-8,15H,2-3H2,1H3,(H2,16,17,19). The van der Waals surface area contributed by atoms with E-state index in [2.05, 4.69) is 15.6 Å². The van der Waals surface area contributed by atoms with Gasteiger partial charge in [0.25, 0.3) is 0 Å². The Hall–Kier alpha value is -2.50. The maximum absolute atomic E-state index is 11.8. The van der Waals surface area contributed by atoms with Crippen LogP contribution in [0.5, 0.6) is 0 Å². The first-order chi connectivity index (χ1) is 9.67. The van der Waals surface area contributed by atoms with Gasteiger partial charge in [0.1, 0.15) is 0 Å². The minimum absolute atomic E-state index is 0.255. The van der Waals surface area contributed by atoms with Crippen LogP contribution in [0.2, 0.25) is 0 Å². The Bertz CT molecular complexity index is 673. The van der Waals surface area contributed by atoms with Crippen LogP contribution >= 0.6 is 0 Å². The maximum Gasteiger partial charge on any atom is 0.338 e. The van der Waals surface area contributed by atoms with Gasteiger partial charge >= 0.3 is 12.0 Å². The number of esters is 1. The largest absolute Gasteiger partial charge is 0.465 e. The quantitative estimate of drug-likeness (QED) is 0.750. The number of aromatic nitrogens is 1. The number of aromatic amines is 1. The topological polar surface area (TPSA) is 83.2 Å². The van der Waals surface area contributed by atoms with E-state index in [-0.39, 0.29) is 12.1 Å². The number of anilines is 1. The molecule has 104 valence electrons. The molecular formula is C14H15N3O3. The average Bonchev–Trinajstić information content (AvgIpc) is 3.11. The number of carbonyl (C=O) groups is 2. The third kappa shape index (κ3) is 2.45. The second-order valence-corrected chi connectivity index (χ2v) is 4.83. The number of H-pyrrole nitrogens is 1. The number of carbonyl (C=O) groups excluding carboxylic acids is 2. The number of methoxy groups -OCH3 is 1. The lowest BCUT2D eigenvalue weighted by molar-refractivity contribution is 0.0603. The molecule has 1 aliphatic carbocycles. The lowest BCUT2D eigenvalue weighted by Gasteiger charge is -2.09. The van der Waals surface area contributed by atoms with Gasteiger partial charge in [-0.3, -0.25) is 0 Å². The molecule has 6 heteroatoms. The van der Waals surface area contributed by atoms with Gasteiger partial charge in [0.05, 0.1) is 12.7 Å². The zero-order chi connectivity index (χ0) is 14.1. The van der Waals surface area contributed by atoms with Gasteiger partial charge in [0, 0.05) is 28.8 Å². The number of hydrogen-bond acceptors (Lipinski definition) is 3. The van der Waals surface area contributed by atoms with Gasteiger partial charge in [-0.15, -0.1) is 0 Å². The van der Waals surface area contributed by atoms with Gasteiger partial charge in [-0.05, 0) is 31.0 Å². The number of fused-ring (bicyclic) bond motifs is 1. The van der Waals surface area contributed by atoms with Crippen LogP contribution in [0.15, 0.2) is 24.4 Å². The fraction of sp³-hybridized carbons (Fsp3) is 0.286. The predicted molar refractivity (Wildman–Crippen MR) is 74.8 cm³/mol. The van der Waals surface area contributed by atoms with Crippen molar-refractivity contribution in [3.05, 3.63) is 30.0 Å². The van der Waals surface area contributed by atoms with Crippen LogP contribution in [0.3, 0.4) is 0 Å². The van der Waals surface area contributed by atoms with Gasteiger partial charge in [0.2, 0.25) is 0 Å². The van der Waals surface area contributed by atoms with E-state index >= 15 is 0 Å². The summed E-state index contributed by atoms with van der Waals surface area (Å²) >= 11 is 0. The predicted octanol–water partition coefficient (Wildman–Crippen LogP) is 2.24. The van der Waals surface area contributed by atoms with E-state index in [1.807, 2.05) is 0 Å². The minimum atomic E-state index is -0.430. The third-order valence-electron chi connectivity index (χ3n) is 3.24. The lowest BCUT2D eigenvalue weighted by Crippen LogP contribution is -2.30. The SMILES string of the molecule is COC(=O)c1cc(NC(=O)NC2CC2)cc2[nH]ccc12. The van der Waals surface area contributed by atoms with Crippen LogP contribution in [0.25, 0.3) is 10.9 Å². The molecule has 2 amide bonds. The van der Waals surface area contributed by atoms with E-state index in [0.717, 1.165) is 23.7 Å². The Balaban J connectivity index is 1.90. The normalized spacial score (nSPS) is 14.1. The van der Waals surface area contributed by atoms with Crippen LogP contribution in [-0.4, -0.2) is 30.1 Å². The van der Waals surface area contributed by atoms with Crippen LogP contribution in [0, 0.1) is 0 Å². The van der Waals surface area contributed by atoms with Gasteiger partial charge in [0.15, 0.2) is 0 Å². The minimum Gasteiger partial charge on any atom is -0.465 e. The van der Waals surface area contributed by atoms with Crippen molar-refractivity contribution in [1.29, 1.82) is 0 Å². The summed E-state index contributed by atoms with van der Waals surface area (Å²) in [5, 5.41) is 6.34. The molecule has 2 aromatic rings. The zero-order valence-corrected chi connectivity index (χ0v) is 11.0. The number of hydrogen-bond donors (Lipinski definition) is 3. The molecule has 0 unspecified atom stereocenters. The molecule has 1 saturated carbocycles. The number of ether oxygens (including phenoxy) is 1. The number of nitrogens with one attached hydrogen (secondary N) is 3. The van der Waals surface area contributed by atoms with Crippen LogP contribution in [0.4, 0.5) is 10.5 Å². The second kappa shape index (κ2) is 4.88. The first-order valence-corrected chi connectivity index (χ1v) is 6.44. The highest BCUT2D eigenvalue weighted by molar-refractivity contribution is 6.06. The van der Waals surface area contributed by atoms with Gasteiger partial charge in [-0.25, -0.2) is 9.59 Å². The van der Waals surface area contributed by atoms with Crippen LogP contribution in [-0.2, 0) is 4.74 Å². The molecule has 6 nitrogen and oxygen atoms in total. The van der Waals surface area contributed by atoms with Crippen molar-refractivity contribution in [3.63, 3.8) is 0 Å². The van der Waals surface area contributed by atoms with Crippen LogP contribution in [0.1, 0.15) is 23.2 Å². The molecule has 1 aromatic heterocycles. The summed E-state index contributed by atoms with van der Waals surface area (Å²) in [6.07, 6.45) is 3.79. The Morgan fingerprint density at radius 3 is 2.85 bits per heavy atom. The van der Waals surface area contributed by atoms with E-state index in [9.17, 15) is 9.59 Å². The van der Waals surface area contributed by atoms with Crippen molar-refractivity contribution in [2.75, 3.05) is 12.4 Å². The molecule has 0 spiro atoms. The third-order valence-corrected chi connectivity index (χ3v) is 3.24. The highest BCUT2D eigenvalue weighted by Gasteiger charge is 2.23. The first-order valence-electron chi connectivity index (χ1n) is 6.44.